The molecule has 3 nitrogen and oxygen atoms in total. The molecule has 2 N–H and O–H groups in total. The summed E-state index contributed by atoms with van der Waals surface area (Å²) in [4.78, 5) is 0. The van der Waals surface area contributed by atoms with Crippen molar-refractivity contribution in [2.24, 2.45) is 0 Å². The minimum Gasteiger partial charge on any atom is -0.504 e. The van der Waals surface area contributed by atoms with E-state index in [-0.39, 0.29) is 5.75 Å². The van der Waals surface area contributed by atoms with E-state index >= 15 is 0 Å². The number of phenolic OH excluding ortho intramolecular Hbond substituents is 1. The number of aromatic hydroxyl groups is 1. The first-order chi connectivity index (χ1) is 7.13. The second-order valence-corrected chi connectivity index (χ2v) is 3.57. The molecule has 0 spiro atoms. The Morgan fingerprint density at radius 3 is 2.80 bits per heavy atom. The third-order valence-corrected chi connectivity index (χ3v) is 2.00. The predicted molar refractivity (Wildman–Crippen MR) is 61.2 cm³/mol. The van der Waals surface area contributed by atoms with Gasteiger partial charge in [0.05, 0.1) is 7.11 Å². The molecule has 0 radical (unpaired) electrons. The molecule has 82 valence electrons. The maximum absolute atomic E-state index is 9.53. The van der Waals surface area contributed by atoms with Crippen LogP contribution < -0.4 is 10.1 Å². The van der Waals surface area contributed by atoms with Crippen LogP contribution in [0.3, 0.4) is 0 Å². The van der Waals surface area contributed by atoms with Crippen molar-refractivity contribution < 1.29 is 9.84 Å². The van der Waals surface area contributed by atoms with Gasteiger partial charge in [-0.05, 0) is 24.6 Å². The van der Waals surface area contributed by atoms with Gasteiger partial charge in [0.2, 0.25) is 0 Å². The largest absolute Gasteiger partial charge is 0.504 e. The molecule has 0 saturated carbocycles. The fourth-order valence-corrected chi connectivity index (χ4v) is 1.27. The maximum Gasteiger partial charge on any atom is 0.160 e. The highest BCUT2D eigenvalue weighted by Crippen LogP contribution is 2.25. The Kier molecular flexibility index (Phi) is 4.18. The highest BCUT2D eigenvalue weighted by molar-refractivity contribution is 5.41. The van der Waals surface area contributed by atoms with E-state index in [1.54, 1.807) is 12.1 Å². The van der Waals surface area contributed by atoms with Crippen LogP contribution in [-0.4, -0.2) is 18.8 Å². The van der Waals surface area contributed by atoms with Gasteiger partial charge in [0.25, 0.3) is 0 Å². The van der Waals surface area contributed by atoms with Crippen LogP contribution in [0, 0.1) is 0 Å². The van der Waals surface area contributed by atoms with Crippen LogP contribution in [0.5, 0.6) is 11.5 Å². The lowest BCUT2D eigenvalue weighted by Crippen LogP contribution is -2.14. The molecule has 1 aromatic carbocycles. The average Bonchev–Trinajstić information content (AvgIpc) is 2.17. The van der Waals surface area contributed by atoms with Crippen molar-refractivity contribution in [3.63, 3.8) is 0 Å². The SMILES string of the molecule is C=C(C)CNCc1ccc(OC)c(O)c1. The number of phenols is 1. The lowest BCUT2D eigenvalue weighted by atomic mass is 10.2. The molecule has 0 saturated heterocycles. The summed E-state index contributed by atoms with van der Waals surface area (Å²) in [5.41, 5.74) is 2.11. The number of nitrogens with one attached hydrogen (secondary N) is 1. The van der Waals surface area contributed by atoms with Crippen LogP contribution >= 0.6 is 0 Å². The summed E-state index contributed by atoms with van der Waals surface area (Å²) >= 11 is 0. The standard InChI is InChI=1S/C12H17NO2/c1-9(2)7-13-8-10-4-5-12(15-3)11(14)6-10/h4-6,13-14H,1,7-8H2,2-3H3. The fraction of sp³-hybridized carbons (Fsp3) is 0.333. The van der Waals surface area contributed by atoms with Gasteiger partial charge in [-0.2, -0.15) is 0 Å². The highest BCUT2D eigenvalue weighted by Gasteiger charge is 2.01. The molecule has 0 bridgehead atoms. The smallest absolute Gasteiger partial charge is 0.160 e. The average molecular weight is 207 g/mol. The van der Waals surface area contributed by atoms with Crippen molar-refractivity contribution in [2.75, 3.05) is 13.7 Å². The first kappa shape index (κ1) is 11.6. The van der Waals surface area contributed by atoms with E-state index in [0.717, 1.165) is 17.7 Å². The van der Waals surface area contributed by atoms with Crippen molar-refractivity contribution in [1.82, 2.24) is 5.32 Å². The third-order valence-electron chi connectivity index (χ3n) is 2.00. The number of benzene rings is 1. The Labute approximate surface area is 90.4 Å². The molecular formula is C12H17NO2. The predicted octanol–water partition coefficient (Wildman–Crippen LogP) is 2.07. The number of hydrogen-bond acceptors (Lipinski definition) is 3. The van der Waals surface area contributed by atoms with Gasteiger partial charge >= 0.3 is 0 Å². The quantitative estimate of drug-likeness (QED) is 0.726. The topological polar surface area (TPSA) is 41.5 Å². The van der Waals surface area contributed by atoms with Gasteiger partial charge < -0.3 is 15.2 Å². The second-order valence-electron chi connectivity index (χ2n) is 3.57. The zero-order valence-corrected chi connectivity index (χ0v) is 9.21. The Hall–Kier alpha value is -1.48. The van der Waals surface area contributed by atoms with Crippen LogP contribution in [0.1, 0.15) is 12.5 Å². The first-order valence-electron chi connectivity index (χ1n) is 4.84. The van der Waals surface area contributed by atoms with Gasteiger partial charge in [0.15, 0.2) is 11.5 Å². The summed E-state index contributed by atoms with van der Waals surface area (Å²) < 4.78 is 4.96. The molecule has 0 atom stereocenters. The van der Waals surface area contributed by atoms with Crippen LogP contribution in [0.25, 0.3) is 0 Å². The molecule has 0 aliphatic carbocycles. The van der Waals surface area contributed by atoms with E-state index in [9.17, 15) is 5.11 Å². The zero-order valence-electron chi connectivity index (χ0n) is 9.21. The summed E-state index contributed by atoms with van der Waals surface area (Å²) in [6.07, 6.45) is 0. The van der Waals surface area contributed by atoms with E-state index < -0.39 is 0 Å². The Morgan fingerprint density at radius 2 is 2.27 bits per heavy atom. The molecule has 0 amide bonds. The van der Waals surface area contributed by atoms with Crippen LogP contribution in [0.2, 0.25) is 0 Å². The van der Waals surface area contributed by atoms with Gasteiger partial charge in [0.1, 0.15) is 0 Å². The number of ether oxygens (including phenoxy) is 1. The molecule has 0 heterocycles. The third kappa shape index (κ3) is 3.64. The van der Waals surface area contributed by atoms with E-state index in [2.05, 4.69) is 11.9 Å². The highest BCUT2D eigenvalue weighted by atomic mass is 16.5. The molecule has 0 fully saturated rings. The molecule has 0 aromatic heterocycles. The van der Waals surface area contributed by atoms with E-state index in [4.69, 9.17) is 4.74 Å². The van der Waals surface area contributed by atoms with Gasteiger partial charge in [0, 0.05) is 13.1 Å². The van der Waals surface area contributed by atoms with Crippen molar-refractivity contribution >= 4 is 0 Å². The summed E-state index contributed by atoms with van der Waals surface area (Å²) in [5, 5.41) is 12.7. The van der Waals surface area contributed by atoms with Gasteiger partial charge in [-0.3, -0.25) is 0 Å². The molecular weight excluding hydrogens is 190 g/mol. The van der Waals surface area contributed by atoms with Crippen molar-refractivity contribution in [3.05, 3.63) is 35.9 Å². The maximum atomic E-state index is 9.53. The Morgan fingerprint density at radius 1 is 1.53 bits per heavy atom. The van der Waals surface area contributed by atoms with E-state index in [1.165, 1.54) is 7.11 Å². The van der Waals surface area contributed by atoms with E-state index in [0.29, 0.717) is 12.3 Å². The molecule has 0 unspecified atom stereocenters. The molecule has 0 aliphatic rings. The lowest BCUT2D eigenvalue weighted by molar-refractivity contribution is 0.373. The molecule has 15 heavy (non-hydrogen) atoms. The minimum absolute atomic E-state index is 0.173. The number of rotatable bonds is 5. The van der Waals surface area contributed by atoms with Crippen LogP contribution in [0.15, 0.2) is 30.4 Å². The summed E-state index contributed by atoms with van der Waals surface area (Å²) in [6.45, 7) is 7.27. The van der Waals surface area contributed by atoms with Crippen LogP contribution in [-0.2, 0) is 6.54 Å². The van der Waals surface area contributed by atoms with Gasteiger partial charge in [-0.25, -0.2) is 0 Å². The summed E-state index contributed by atoms with van der Waals surface area (Å²) in [6, 6.07) is 5.38. The van der Waals surface area contributed by atoms with Crippen LogP contribution in [0.4, 0.5) is 0 Å². The minimum atomic E-state index is 0.173. The van der Waals surface area contributed by atoms with Gasteiger partial charge in [-0.1, -0.05) is 18.2 Å². The number of hydrogen-bond donors (Lipinski definition) is 2. The summed E-state index contributed by atoms with van der Waals surface area (Å²) in [5.74, 6) is 0.672. The van der Waals surface area contributed by atoms with Crippen molar-refractivity contribution in [2.45, 2.75) is 13.5 Å². The molecule has 1 aromatic rings. The molecule has 0 aliphatic heterocycles. The zero-order chi connectivity index (χ0) is 11.3. The van der Waals surface area contributed by atoms with Crippen molar-refractivity contribution in [1.29, 1.82) is 0 Å². The Bertz CT molecular complexity index is 347. The first-order valence-corrected chi connectivity index (χ1v) is 4.84. The second kappa shape index (κ2) is 5.41. The van der Waals surface area contributed by atoms with Gasteiger partial charge in [-0.15, -0.1) is 0 Å². The lowest BCUT2D eigenvalue weighted by Gasteiger charge is -2.07. The summed E-state index contributed by atoms with van der Waals surface area (Å²) in [7, 11) is 1.54. The normalized spacial score (nSPS) is 10.0. The monoisotopic (exact) mass is 207 g/mol. The fourth-order valence-electron chi connectivity index (χ4n) is 1.27. The molecule has 1 rings (SSSR count). The molecule has 3 heteroatoms. The van der Waals surface area contributed by atoms with Crippen molar-refractivity contribution in [3.8, 4) is 11.5 Å². The Balaban J connectivity index is 2.55. The number of methoxy groups -OCH3 is 1. The van der Waals surface area contributed by atoms with E-state index in [1.807, 2.05) is 13.0 Å².